The Morgan fingerprint density at radius 3 is 2.47 bits per heavy atom. The Hall–Kier alpha value is -3.03. The highest BCUT2D eigenvalue weighted by atomic mass is 16.5. The number of nitrogens with one attached hydrogen (secondary N) is 1. The molecule has 4 rings (SSSR count). The Kier molecular flexibility index (Phi) is 6.21. The molecule has 1 aliphatic rings. The summed E-state index contributed by atoms with van der Waals surface area (Å²) >= 11 is 0. The standard InChI is InChI=1S/C23H26N4O3/c1-26-23(29)19-10-6-5-9-18(19)20(25-26)15-22(28)24-21(17-7-3-2-4-8-17)16-27-11-13-30-14-12-27/h2-10,21H,11-16H2,1H3,(H,24,28)/t21-/m0/s1. The molecule has 1 saturated heterocycles. The summed E-state index contributed by atoms with van der Waals surface area (Å²) in [7, 11) is 1.61. The van der Waals surface area contributed by atoms with Crippen LogP contribution in [0, 0.1) is 0 Å². The molecule has 1 N–H and O–H groups in total. The van der Waals surface area contributed by atoms with Crippen LogP contribution in [0.3, 0.4) is 0 Å². The van der Waals surface area contributed by atoms with E-state index in [4.69, 9.17) is 4.74 Å². The van der Waals surface area contributed by atoms with Gasteiger partial charge in [-0.1, -0.05) is 48.5 Å². The molecule has 2 heterocycles. The lowest BCUT2D eigenvalue weighted by atomic mass is 10.0. The van der Waals surface area contributed by atoms with Crippen molar-refractivity contribution in [2.75, 3.05) is 32.8 Å². The monoisotopic (exact) mass is 406 g/mol. The number of aryl methyl sites for hydroxylation is 1. The van der Waals surface area contributed by atoms with E-state index in [0.717, 1.165) is 30.6 Å². The average molecular weight is 406 g/mol. The third-order valence-corrected chi connectivity index (χ3v) is 5.44. The number of hydrogen-bond donors (Lipinski definition) is 1. The number of fused-ring (bicyclic) bond motifs is 1. The summed E-state index contributed by atoms with van der Waals surface area (Å²) in [6.07, 6.45) is 0.112. The molecule has 0 radical (unpaired) electrons. The molecule has 1 fully saturated rings. The summed E-state index contributed by atoms with van der Waals surface area (Å²) in [6.45, 7) is 3.85. The van der Waals surface area contributed by atoms with Crippen LogP contribution in [-0.2, 0) is 23.0 Å². The van der Waals surface area contributed by atoms with E-state index in [2.05, 4.69) is 15.3 Å². The van der Waals surface area contributed by atoms with Gasteiger partial charge < -0.3 is 10.1 Å². The normalized spacial score (nSPS) is 15.8. The topological polar surface area (TPSA) is 76.5 Å². The van der Waals surface area contributed by atoms with Gasteiger partial charge in [0.1, 0.15) is 0 Å². The van der Waals surface area contributed by atoms with E-state index in [1.54, 1.807) is 13.1 Å². The molecule has 2 aromatic carbocycles. The third kappa shape index (κ3) is 4.58. The molecule has 3 aromatic rings. The van der Waals surface area contributed by atoms with E-state index >= 15 is 0 Å². The number of aromatic nitrogens is 2. The van der Waals surface area contributed by atoms with Gasteiger partial charge in [-0.15, -0.1) is 0 Å². The predicted octanol–water partition coefficient (Wildman–Crippen LogP) is 1.67. The number of benzene rings is 2. The van der Waals surface area contributed by atoms with Crippen LogP contribution in [0.1, 0.15) is 17.3 Å². The Balaban J connectivity index is 1.55. The summed E-state index contributed by atoms with van der Waals surface area (Å²) < 4.78 is 6.74. The van der Waals surface area contributed by atoms with Crippen molar-refractivity contribution in [2.45, 2.75) is 12.5 Å². The number of carbonyl (C=O) groups excluding carboxylic acids is 1. The minimum absolute atomic E-state index is 0.112. The molecule has 7 heteroatoms. The van der Waals surface area contributed by atoms with E-state index in [0.29, 0.717) is 24.3 Å². The maximum absolute atomic E-state index is 13.0. The van der Waals surface area contributed by atoms with Gasteiger partial charge in [0.15, 0.2) is 0 Å². The van der Waals surface area contributed by atoms with Gasteiger partial charge in [-0.2, -0.15) is 5.10 Å². The molecule has 1 aliphatic heterocycles. The molecular weight excluding hydrogens is 380 g/mol. The van der Waals surface area contributed by atoms with Gasteiger partial charge in [-0.25, -0.2) is 4.68 Å². The number of rotatable bonds is 6. The van der Waals surface area contributed by atoms with Crippen LogP contribution in [0.4, 0.5) is 0 Å². The predicted molar refractivity (Wildman–Crippen MR) is 115 cm³/mol. The van der Waals surface area contributed by atoms with Gasteiger partial charge in [0.25, 0.3) is 5.56 Å². The van der Waals surface area contributed by atoms with Crippen LogP contribution in [-0.4, -0.2) is 53.4 Å². The lowest BCUT2D eigenvalue weighted by Gasteiger charge is -2.31. The van der Waals surface area contributed by atoms with E-state index in [9.17, 15) is 9.59 Å². The van der Waals surface area contributed by atoms with E-state index in [-0.39, 0.29) is 23.9 Å². The van der Waals surface area contributed by atoms with Gasteiger partial charge in [-0.05, 0) is 11.6 Å². The van der Waals surface area contributed by atoms with Crippen molar-refractivity contribution in [3.05, 3.63) is 76.2 Å². The molecule has 0 bridgehead atoms. The Morgan fingerprint density at radius 1 is 1.07 bits per heavy atom. The molecular formula is C23H26N4O3. The van der Waals surface area contributed by atoms with Crippen molar-refractivity contribution >= 4 is 16.7 Å². The van der Waals surface area contributed by atoms with Crippen molar-refractivity contribution in [3.63, 3.8) is 0 Å². The van der Waals surface area contributed by atoms with Crippen LogP contribution in [0.25, 0.3) is 10.8 Å². The van der Waals surface area contributed by atoms with Gasteiger partial charge in [-0.3, -0.25) is 14.5 Å². The lowest BCUT2D eigenvalue weighted by Crippen LogP contribution is -2.43. The van der Waals surface area contributed by atoms with Crippen molar-refractivity contribution in [3.8, 4) is 0 Å². The Labute approximate surface area is 175 Å². The van der Waals surface area contributed by atoms with Gasteiger partial charge in [0, 0.05) is 32.1 Å². The SMILES string of the molecule is Cn1nc(CC(=O)N[C@@H](CN2CCOCC2)c2ccccc2)c2ccccc2c1=O. The van der Waals surface area contributed by atoms with Crippen LogP contribution in [0.2, 0.25) is 0 Å². The summed E-state index contributed by atoms with van der Waals surface area (Å²) in [5, 5.41) is 8.83. The smallest absolute Gasteiger partial charge is 0.274 e. The summed E-state index contributed by atoms with van der Waals surface area (Å²) in [5.41, 5.74) is 1.50. The van der Waals surface area contributed by atoms with Gasteiger partial charge in [0.2, 0.25) is 5.91 Å². The maximum atomic E-state index is 13.0. The van der Waals surface area contributed by atoms with E-state index < -0.39 is 0 Å². The molecule has 156 valence electrons. The zero-order valence-electron chi connectivity index (χ0n) is 17.1. The molecule has 1 atom stereocenters. The molecule has 30 heavy (non-hydrogen) atoms. The highest BCUT2D eigenvalue weighted by Crippen LogP contribution is 2.17. The molecule has 0 saturated carbocycles. The van der Waals surface area contributed by atoms with Crippen molar-refractivity contribution in [1.29, 1.82) is 0 Å². The maximum Gasteiger partial charge on any atom is 0.274 e. The molecule has 0 spiro atoms. The summed E-state index contributed by atoms with van der Waals surface area (Å²) in [6, 6.07) is 17.2. The summed E-state index contributed by atoms with van der Waals surface area (Å²) in [5.74, 6) is -0.117. The third-order valence-electron chi connectivity index (χ3n) is 5.44. The quantitative estimate of drug-likeness (QED) is 0.674. The fourth-order valence-electron chi connectivity index (χ4n) is 3.87. The number of hydrogen-bond acceptors (Lipinski definition) is 5. The zero-order valence-corrected chi connectivity index (χ0v) is 17.1. The first-order valence-electron chi connectivity index (χ1n) is 10.2. The summed E-state index contributed by atoms with van der Waals surface area (Å²) in [4.78, 5) is 27.6. The second-order valence-corrected chi connectivity index (χ2v) is 7.54. The molecule has 7 nitrogen and oxygen atoms in total. The fraction of sp³-hybridized carbons (Fsp3) is 0.348. The zero-order chi connectivity index (χ0) is 20.9. The first-order valence-corrected chi connectivity index (χ1v) is 10.2. The number of nitrogens with zero attached hydrogens (tertiary/aromatic N) is 3. The van der Waals surface area contributed by atoms with E-state index in [1.165, 1.54) is 4.68 Å². The Morgan fingerprint density at radius 2 is 1.73 bits per heavy atom. The molecule has 0 aliphatic carbocycles. The van der Waals surface area contributed by atoms with Gasteiger partial charge >= 0.3 is 0 Å². The minimum Gasteiger partial charge on any atom is -0.379 e. The highest BCUT2D eigenvalue weighted by molar-refractivity contribution is 5.88. The molecule has 0 unspecified atom stereocenters. The molecule has 1 amide bonds. The largest absolute Gasteiger partial charge is 0.379 e. The fourth-order valence-corrected chi connectivity index (χ4v) is 3.87. The van der Waals surface area contributed by atoms with Crippen LogP contribution in [0.5, 0.6) is 0 Å². The number of ether oxygens (including phenoxy) is 1. The first-order chi connectivity index (χ1) is 14.6. The van der Waals surface area contributed by atoms with Gasteiger partial charge in [0.05, 0.1) is 36.8 Å². The van der Waals surface area contributed by atoms with E-state index in [1.807, 2.05) is 48.5 Å². The minimum atomic E-state index is -0.163. The van der Waals surface area contributed by atoms with Crippen LogP contribution >= 0.6 is 0 Å². The number of amides is 1. The van der Waals surface area contributed by atoms with Crippen molar-refractivity contribution < 1.29 is 9.53 Å². The molecule has 1 aromatic heterocycles. The number of morpholine rings is 1. The van der Waals surface area contributed by atoms with Crippen LogP contribution < -0.4 is 10.9 Å². The van der Waals surface area contributed by atoms with Crippen molar-refractivity contribution in [2.24, 2.45) is 7.05 Å². The Bertz CT molecular complexity index is 1070. The second-order valence-electron chi connectivity index (χ2n) is 7.54. The highest BCUT2D eigenvalue weighted by Gasteiger charge is 2.21. The van der Waals surface area contributed by atoms with Crippen molar-refractivity contribution in [1.82, 2.24) is 20.0 Å². The van der Waals surface area contributed by atoms with Crippen LogP contribution in [0.15, 0.2) is 59.4 Å². The average Bonchev–Trinajstić information content (AvgIpc) is 2.78. The first kappa shape index (κ1) is 20.3. The lowest BCUT2D eigenvalue weighted by molar-refractivity contribution is -0.121. The number of carbonyl (C=O) groups is 1. The second kappa shape index (κ2) is 9.19.